The molecule has 0 aromatic heterocycles. The Morgan fingerprint density at radius 2 is 1.81 bits per heavy atom. The van der Waals surface area contributed by atoms with Crippen molar-refractivity contribution >= 4 is 31.6 Å². The van der Waals surface area contributed by atoms with Crippen LogP contribution >= 0.6 is 15.9 Å². The van der Waals surface area contributed by atoms with Gasteiger partial charge in [-0.25, -0.2) is 8.42 Å². The maximum absolute atomic E-state index is 12.5. The van der Waals surface area contributed by atoms with Crippen molar-refractivity contribution in [2.45, 2.75) is 31.6 Å². The quantitative estimate of drug-likeness (QED) is 0.852. The molecule has 0 saturated heterocycles. The third-order valence-corrected chi connectivity index (χ3v) is 5.54. The summed E-state index contributed by atoms with van der Waals surface area (Å²) in [6.45, 7) is 6.06. The predicted molar refractivity (Wildman–Crippen MR) is 90.2 cm³/mol. The van der Waals surface area contributed by atoms with Crippen molar-refractivity contribution in [2.75, 3.05) is 4.72 Å². The van der Waals surface area contributed by atoms with Crippen molar-refractivity contribution in [1.29, 1.82) is 0 Å². The number of halogens is 1. The normalized spacial score (nSPS) is 11.7. The van der Waals surface area contributed by atoms with E-state index in [2.05, 4.69) is 34.5 Å². The molecule has 0 aliphatic rings. The van der Waals surface area contributed by atoms with Crippen molar-refractivity contribution in [3.05, 3.63) is 58.1 Å². The van der Waals surface area contributed by atoms with Gasteiger partial charge in [-0.1, -0.05) is 32.0 Å². The molecule has 5 heteroatoms. The van der Waals surface area contributed by atoms with Gasteiger partial charge in [-0.05, 0) is 64.2 Å². The molecular formula is C16H18BrNO2S. The van der Waals surface area contributed by atoms with Gasteiger partial charge in [-0.2, -0.15) is 0 Å². The van der Waals surface area contributed by atoms with Gasteiger partial charge in [0.05, 0.1) is 0 Å². The summed E-state index contributed by atoms with van der Waals surface area (Å²) in [5, 5.41) is 0. The lowest BCUT2D eigenvalue weighted by Crippen LogP contribution is -2.13. The first-order valence-electron chi connectivity index (χ1n) is 6.68. The molecule has 0 unspecified atom stereocenters. The molecule has 112 valence electrons. The molecule has 0 fully saturated rings. The molecule has 0 aliphatic carbocycles. The molecule has 0 saturated carbocycles. The zero-order chi connectivity index (χ0) is 15.6. The molecule has 0 aliphatic heterocycles. The summed E-state index contributed by atoms with van der Waals surface area (Å²) in [5.74, 6) is 0.348. The van der Waals surface area contributed by atoms with E-state index in [-0.39, 0.29) is 4.90 Å². The van der Waals surface area contributed by atoms with Gasteiger partial charge in [0, 0.05) is 10.2 Å². The molecule has 0 spiro atoms. The molecule has 2 rings (SSSR count). The summed E-state index contributed by atoms with van der Waals surface area (Å²) in [5.41, 5.74) is 2.68. The summed E-state index contributed by atoms with van der Waals surface area (Å²) < 4.78 is 28.1. The maximum atomic E-state index is 12.5. The fraction of sp³-hybridized carbons (Fsp3) is 0.250. The molecule has 0 radical (unpaired) electrons. The average Bonchev–Trinajstić information content (AvgIpc) is 2.37. The number of sulfonamides is 1. The van der Waals surface area contributed by atoms with Crippen LogP contribution in [0.4, 0.5) is 5.69 Å². The Kier molecular flexibility index (Phi) is 4.74. The van der Waals surface area contributed by atoms with Gasteiger partial charge in [0.15, 0.2) is 0 Å². The first-order valence-corrected chi connectivity index (χ1v) is 8.96. The summed E-state index contributed by atoms with van der Waals surface area (Å²) in [4.78, 5) is 0.239. The molecule has 0 amide bonds. The van der Waals surface area contributed by atoms with E-state index in [0.29, 0.717) is 16.1 Å². The van der Waals surface area contributed by atoms with E-state index in [4.69, 9.17) is 0 Å². The number of anilines is 1. The van der Waals surface area contributed by atoms with E-state index in [1.165, 1.54) is 0 Å². The highest BCUT2D eigenvalue weighted by Gasteiger charge is 2.18. The van der Waals surface area contributed by atoms with E-state index in [1.54, 1.807) is 24.3 Å². The third kappa shape index (κ3) is 3.86. The molecule has 0 bridgehead atoms. The smallest absolute Gasteiger partial charge is 0.263 e. The van der Waals surface area contributed by atoms with Crippen LogP contribution in [-0.4, -0.2) is 8.42 Å². The molecule has 21 heavy (non-hydrogen) atoms. The van der Waals surface area contributed by atoms with E-state index in [0.717, 1.165) is 11.1 Å². The molecule has 2 aromatic rings. The Hall–Kier alpha value is -1.33. The minimum atomic E-state index is -3.60. The van der Waals surface area contributed by atoms with Gasteiger partial charge in [-0.15, -0.1) is 0 Å². The van der Waals surface area contributed by atoms with E-state index in [1.807, 2.05) is 25.1 Å². The monoisotopic (exact) mass is 367 g/mol. The lowest BCUT2D eigenvalue weighted by Gasteiger charge is -2.12. The van der Waals surface area contributed by atoms with Crippen LogP contribution in [0.15, 0.2) is 51.8 Å². The Balaban J connectivity index is 2.35. The molecule has 3 nitrogen and oxygen atoms in total. The molecule has 0 heterocycles. The van der Waals surface area contributed by atoms with Crippen molar-refractivity contribution in [3.63, 3.8) is 0 Å². The Bertz CT molecular complexity index is 755. The third-order valence-electron chi connectivity index (χ3n) is 3.18. The fourth-order valence-corrected chi connectivity index (χ4v) is 4.24. The van der Waals surface area contributed by atoms with Crippen molar-refractivity contribution in [1.82, 2.24) is 0 Å². The van der Waals surface area contributed by atoms with E-state index < -0.39 is 10.0 Å². The molecule has 1 N–H and O–H groups in total. The topological polar surface area (TPSA) is 46.2 Å². The zero-order valence-electron chi connectivity index (χ0n) is 12.2. The lowest BCUT2D eigenvalue weighted by molar-refractivity contribution is 0.600. The number of rotatable bonds is 4. The highest BCUT2D eigenvalue weighted by Crippen LogP contribution is 2.26. The second-order valence-electron chi connectivity index (χ2n) is 5.32. The largest absolute Gasteiger partial charge is 0.280 e. The van der Waals surface area contributed by atoms with Gasteiger partial charge in [0.25, 0.3) is 10.0 Å². The second-order valence-corrected chi connectivity index (χ2v) is 7.82. The Morgan fingerprint density at radius 3 is 2.43 bits per heavy atom. The minimum Gasteiger partial charge on any atom is -0.280 e. The van der Waals surface area contributed by atoms with Crippen molar-refractivity contribution in [2.24, 2.45) is 0 Å². The Morgan fingerprint density at radius 1 is 1.10 bits per heavy atom. The van der Waals surface area contributed by atoms with Crippen LogP contribution in [0.5, 0.6) is 0 Å². The number of nitrogens with one attached hydrogen (secondary N) is 1. The second kappa shape index (κ2) is 6.20. The van der Waals surface area contributed by atoms with Crippen molar-refractivity contribution in [3.8, 4) is 0 Å². The maximum Gasteiger partial charge on any atom is 0.263 e. The number of aryl methyl sites for hydroxylation is 1. The van der Waals surface area contributed by atoms with Gasteiger partial charge >= 0.3 is 0 Å². The lowest BCUT2D eigenvalue weighted by atomic mass is 10.0. The van der Waals surface area contributed by atoms with Crippen LogP contribution < -0.4 is 4.72 Å². The van der Waals surface area contributed by atoms with Crippen LogP contribution in [0.1, 0.15) is 30.9 Å². The Labute approximate surface area is 134 Å². The number of benzene rings is 2. The van der Waals surface area contributed by atoms with Crippen LogP contribution in [0.2, 0.25) is 0 Å². The summed E-state index contributed by atoms with van der Waals surface area (Å²) >= 11 is 3.31. The fourth-order valence-electron chi connectivity index (χ4n) is 2.00. The van der Waals surface area contributed by atoms with E-state index >= 15 is 0 Å². The number of hydrogen-bond acceptors (Lipinski definition) is 2. The first-order chi connectivity index (χ1) is 9.79. The highest BCUT2D eigenvalue weighted by molar-refractivity contribution is 9.10. The molecule has 2 aromatic carbocycles. The van der Waals surface area contributed by atoms with Gasteiger partial charge < -0.3 is 0 Å². The van der Waals surface area contributed by atoms with Gasteiger partial charge in [0.2, 0.25) is 0 Å². The van der Waals surface area contributed by atoms with Crippen LogP contribution in [-0.2, 0) is 10.0 Å². The van der Waals surface area contributed by atoms with Crippen LogP contribution in [0.3, 0.4) is 0 Å². The predicted octanol–water partition coefficient (Wildman–Crippen LogP) is 4.68. The van der Waals surface area contributed by atoms with E-state index in [9.17, 15) is 8.42 Å². The summed E-state index contributed by atoms with van der Waals surface area (Å²) in [7, 11) is -3.60. The van der Waals surface area contributed by atoms with Gasteiger partial charge in [-0.3, -0.25) is 4.72 Å². The van der Waals surface area contributed by atoms with Crippen LogP contribution in [0, 0.1) is 6.92 Å². The molecule has 0 atom stereocenters. The minimum absolute atomic E-state index is 0.239. The van der Waals surface area contributed by atoms with Crippen LogP contribution in [0.25, 0.3) is 0 Å². The highest BCUT2D eigenvalue weighted by atomic mass is 79.9. The van der Waals surface area contributed by atoms with Gasteiger partial charge in [0.1, 0.15) is 4.90 Å². The SMILES string of the molecule is Cc1ccc(S(=O)(=O)Nc2cccc(C(C)C)c2)c(Br)c1. The first kappa shape index (κ1) is 16.0. The summed E-state index contributed by atoms with van der Waals surface area (Å²) in [6.07, 6.45) is 0. The summed E-state index contributed by atoms with van der Waals surface area (Å²) in [6, 6.07) is 12.6. The standard InChI is InChI=1S/C16H18BrNO2S/c1-11(2)13-5-4-6-14(10-13)18-21(19,20)16-8-7-12(3)9-15(16)17/h4-11,18H,1-3H3. The molecular weight excluding hydrogens is 350 g/mol. The zero-order valence-corrected chi connectivity index (χ0v) is 14.6. The van der Waals surface area contributed by atoms with Crippen molar-refractivity contribution < 1.29 is 8.42 Å². The average molecular weight is 368 g/mol. The number of hydrogen-bond donors (Lipinski definition) is 1.